The van der Waals surface area contributed by atoms with Crippen LogP contribution in [-0.2, 0) is 10.0 Å². The van der Waals surface area contributed by atoms with E-state index in [1.165, 1.54) is 38.4 Å². The van der Waals surface area contributed by atoms with Gasteiger partial charge in [-0.3, -0.25) is 9.10 Å². The first-order valence-corrected chi connectivity index (χ1v) is 10.2. The first kappa shape index (κ1) is 21.3. The van der Waals surface area contributed by atoms with Crippen LogP contribution in [0.3, 0.4) is 0 Å². The molecular formula is C21H18F2N2O4S. The maximum atomic E-state index is 13.8. The van der Waals surface area contributed by atoms with Gasteiger partial charge in [-0.05, 0) is 54.6 Å². The van der Waals surface area contributed by atoms with Crippen LogP contribution in [0, 0.1) is 11.6 Å². The van der Waals surface area contributed by atoms with Crippen LogP contribution in [0.5, 0.6) is 5.75 Å². The Balaban J connectivity index is 1.88. The normalized spacial score (nSPS) is 11.1. The number of ether oxygens (including phenoxy) is 1. The first-order chi connectivity index (χ1) is 14.2. The summed E-state index contributed by atoms with van der Waals surface area (Å²) in [5.41, 5.74) is -0.285. The van der Waals surface area contributed by atoms with Crippen LogP contribution in [0.4, 0.5) is 20.2 Å². The number of para-hydroxylation sites is 1. The zero-order valence-corrected chi connectivity index (χ0v) is 16.9. The van der Waals surface area contributed by atoms with E-state index in [-0.39, 0.29) is 10.5 Å². The van der Waals surface area contributed by atoms with E-state index in [1.54, 1.807) is 24.3 Å². The van der Waals surface area contributed by atoms with Gasteiger partial charge in [0, 0.05) is 12.6 Å². The highest BCUT2D eigenvalue weighted by molar-refractivity contribution is 7.92. The van der Waals surface area contributed by atoms with Gasteiger partial charge in [0.05, 0.1) is 17.7 Å². The third-order valence-electron chi connectivity index (χ3n) is 4.39. The number of methoxy groups -OCH3 is 1. The molecule has 3 aromatic rings. The third-order valence-corrected chi connectivity index (χ3v) is 6.17. The predicted molar refractivity (Wildman–Crippen MR) is 109 cm³/mol. The molecule has 1 amide bonds. The molecule has 0 aliphatic carbocycles. The highest BCUT2D eigenvalue weighted by Crippen LogP contribution is 2.25. The second kappa shape index (κ2) is 8.50. The molecule has 0 atom stereocenters. The molecule has 0 saturated heterocycles. The van der Waals surface area contributed by atoms with Gasteiger partial charge in [-0.25, -0.2) is 17.2 Å². The number of nitrogens with zero attached hydrogens (tertiary/aromatic N) is 1. The Morgan fingerprint density at radius 3 is 2.17 bits per heavy atom. The highest BCUT2D eigenvalue weighted by Gasteiger charge is 2.23. The molecule has 0 unspecified atom stereocenters. The lowest BCUT2D eigenvalue weighted by Gasteiger charge is -2.20. The molecule has 0 aliphatic heterocycles. The summed E-state index contributed by atoms with van der Waals surface area (Å²) in [7, 11) is -1.12. The zero-order chi connectivity index (χ0) is 21.9. The Morgan fingerprint density at radius 2 is 1.57 bits per heavy atom. The number of hydrogen-bond donors (Lipinski definition) is 1. The molecule has 0 saturated carbocycles. The molecule has 0 fully saturated rings. The molecule has 9 heteroatoms. The van der Waals surface area contributed by atoms with Crippen LogP contribution in [-0.4, -0.2) is 28.5 Å². The van der Waals surface area contributed by atoms with Crippen molar-refractivity contribution in [1.82, 2.24) is 0 Å². The van der Waals surface area contributed by atoms with Crippen molar-refractivity contribution in [2.75, 3.05) is 23.8 Å². The van der Waals surface area contributed by atoms with Gasteiger partial charge in [-0.1, -0.05) is 12.1 Å². The van der Waals surface area contributed by atoms with Gasteiger partial charge in [0.25, 0.3) is 15.9 Å². The topological polar surface area (TPSA) is 75.7 Å². The molecule has 3 aromatic carbocycles. The molecule has 30 heavy (non-hydrogen) atoms. The number of anilines is 2. The van der Waals surface area contributed by atoms with E-state index in [0.717, 1.165) is 22.5 Å². The number of carbonyl (C=O) groups excluding carboxylic acids is 1. The van der Waals surface area contributed by atoms with Crippen molar-refractivity contribution in [3.63, 3.8) is 0 Å². The number of halogens is 2. The quantitative estimate of drug-likeness (QED) is 0.638. The number of nitrogens with one attached hydrogen (secondary N) is 1. The molecule has 0 aromatic heterocycles. The smallest absolute Gasteiger partial charge is 0.264 e. The summed E-state index contributed by atoms with van der Waals surface area (Å²) in [6.07, 6.45) is 0. The lowest BCUT2D eigenvalue weighted by Crippen LogP contribution is -2.27. The average Bonchev–Trinajstić information content (AvgIpc) is 2.76. The molecule has 1 N–H and O–H groups in total. The fraction of sp³-hybridized carbons (Fsp3) is 0.0952. The van der Waals surface area contributed by atoms with Crippen LogP contribution in [0.1, 0.15) is 10.4 Å². The van der Waals surface area contributed by atoms with Crippen molar-refractivity contribution in [2.24, 2.45) is 0 Å². The molecule has 0 aliphatic rings. The molecule has 0 radical (unpaired) electrons. The number of hydrogen-bond acceptors (Lipinski definition) is 4. The first-order valence-electron chi connectivity index (χ1n) is 8.72. The summed E-state index contributed by atoms with van der Waals surface area (Å²) in [6, 6.07) is 14.8. The van der Waals surface area contributed by atoms with E-state index in [4.69, 9.17) is 4.74 Å². The minimum atomic E-state index is -3.99. The van der Waals surface area contributed by atoms with Crippen molar-refractivity contribution < 1.29 is 26.7 Å². The van der Waals surface area contributed by atoms with Crippen molar-refractivity contribution in [3.05, 3.63) is 83.9 Å². The SMILES string of the molecule is COc1ccc(N(C)S(=O)(=O)c2cccc(C(=O)Nc3c(F)cccc3F)c2)cc1. The molecular weight excluding hydrogens is 414 g/mol. The van der Waals surface area contributed by atoms with E-state index in [9.17, 15) is 22.0 Å². The zero-order valence-electron chi connectivity index (χ0n) is 16.1. The largest absolute Gasteiger partial charge is 0.497 e. The highest BCUT2D eigenvalue weighted by atomic mass is 32.2. The van der Waals surface area contributed by atoms with Crippen LogP contribution in [0.15, 0.2) is 71.6 Å². The van der Waals surface area contributed by atoms with Crippen LogP contribution in [0.2, 0.25) is 0 Å². The Kier molecular flexibility index (Phi) is 6.02. The number of amides is 1. The standard InChI is InChI=1S/C21H18F2N2O4S/c1-25(15-9-11-16(29-2)12-10-15)30(27,28)17-6-3-5-14(13-17)21(26)24-20-18(22)7-4-8-19(20)23/h3-13H,1-2H3,(H,24,26). The summed E-state index contributed by atoms with van der Waals surface area (Å²) in [5.74, 6) is -2.15. The third kappa shape index (κ3) is 4.25. The van der Waals surface area contributed by atoms with E-state index in [0.29, 0.717) is 11.4 Å². The predicted octanol–water partition coefficient (Wildman–Crippen LogP) is 4.05. The number of carbonyl (C=O) groups is 1. The van der Waals surface area contributed by atoms with Crippen LogP contribution >= 0.6 is 0 Å². The maximum absolute atomic E-state index is 13.8. The monoisotopic (exact) mass is 432 g/mol. The van der Waals surface area contributed by atoms with Gasteiger partial charge >= 0.3 is 0 Å². The van der Waals surface area contributed by atoms with Crippen molar-refractivity contribution in [2.45, 2.75) is 4.90 Å². The molecule has 0 spiro atoms. The maximum Gasteiger partial charge on any atom is 0.264 e. The lowest BCUT2D eigenvalue weighted by atomic mass is 10.2. The van der Waals surface area contributed by atoms with Crippen molar-refractivity contribution >= 4 is 27.3 Å². The Hall–Kier alpha value is -3.46. The molecule has 156 valence electrons. The van der Waals surface area contributed by atoms with Gasteiger partial charge in [0.15, 0.2) is 0 Å². The van der Waals surface area contributed by atoms with Crippen LogP contribution in [0.25, 0.3) is 0 Å². The second-order valence-electron chi connectivity index (χ2n) is 6.25. The van der Waals surface area contributed by atoms with Gasteiger partial charge < -0.3 is 10.1 Å². The fourth-order valence-corrected chi connectivity index (χ4v) is 3.93. The summed E-state index contributed by atoms with van der Waals surface area (Å²) in [4.78, 5) is 12.3. The Bertz CT molecular complexity index is 1160. The summed E-state index contributed by atoms with van der Waals surface area (Å²) >= 11 is 0. The van der Waals surface area contributed by atoms with Gasteiger partial charge in [-0.15, -0.1) is 0 Å². The van der Waals surface area contributed by atoms with Crippen molar-refractivity contribution in [1.29, 1.82) is 0 Å². The fourth-order valence-electron chi connectivity index (χ4n) is 2.69. The van der Waals surface area contributed by atoms with E-state index in [2.05, 4.69) is 5.32 Å². The molecule has 6 nitrogen and oxygen atoms in total. The lowest BCUT2D eigenvalue weighted by molar-refractivity contribution is 0.102. The summed E-state index contributed by atoms with van der Waals surface area (Å²) in [5, 5.41) is 2.14. The minimum absolute atomic E-state index is 0.0677. The van der Waals surface area contributed by atoms with Gasteiger partial charge in [0.1, 0.15) is 23.1 Å². The Morgan fingerprint density at radius 1 is 0.967 bits per heavy atom. The van der Waals surface area contributed by atoms with E-state index < -0.39 is 33.3 Å². The Labute approximate surface area is 172 Å². The van der Waals surface area contributed by atoms with Gasteiger partial charge in [0.2, 0.25) is 0 Å². The second-order valence-corrected chi connectivity index (χ2v) is 8.22. The summed E-state index contributed by atoms with van der Waals surface area (Å²) < 4.78 is 59.6. The minimum Gasteiger partial charge on any atom is -0.497 e. The number of sulfonamides is 1. The van der Waals surface area contributed by atoms with E-state index in [1.807, 2.05) is 0 Å². The number of rotatable bonds is 6. The van der Waals surface area contributed by atoms with Crippen molar-refractivity contribution in [3.8, 4) is 5.75 Å². The molecule has 3 rings (SSSR count). The van der Waals surface area contributed by atoms with E-state index >= 15 is 0 Å². The van der Waals surface area contributed by atoms with Gasteiger partial charge in [-0.2, -0.15) is 0 Å². The molecule has 0 bridgehead atoms. The molecule has 0 heterocycles. The summed E-state index contributed by atoms with van der Waals surface area (Å²) in [6.45, 7) is 0. The van der Waals surface area contributed by atoms with Crippen LogP contribution < -0.4 is 14.4 Å². The average molecular weight is 432 g/mol. The number of benzene rings is 3.